The molecule has 2 N–H and O–H groups in total. The third kappa shape index (κ3) is 7.54. The summed E-state index contributed by atoms with van der Waals surface area (Å²) < 4.78 is 6.17. The minimum Gasteiger partial charge on any atom is -0.508 e. The molecule has 0 aliphatic carbocycles. The zero-order valence-electron chi connectivity index (χ0n) is 18.0. The zero-order valence-corrected chi connectivity index (χ0v) is 18.0. The molecule has 0 amide bonds. The largest absolute Gasteiger partial charge is 0.508 e. The molecule has 31 heavy (non-hydrogen) atoms. The lowest BCUT2D eigenvalue weighted by atomic mass is 10.2. The SMILES string of the molecule is O=CO.Oc1cccc(N2CCN(CC3CN(Cc4ccccc4)CCCO3)CC2)c1. The van der Waals surface area contributed by atoms with Crippen molar-refractivity contribution in [1.29, 1.82) is 0 Å². The maximum atomic E-state index is 9.71. The topological polar surface area (TPSA) is 76.5 Å². The van der Waals surface area contributed by atoms with Crippen molar-refractivity contribution in [2.45, 2.75) is 19.1 Å². The van der Waals surface area contributed by atoms with Gasteiger partial charge >= 0.3 is 0 Å². The summed E-state index contributed by atoms with van der Waals surface area (Å²) in [4.78, 5) is 15.8. The fraction of sp³-hybridized carbons (Fsp3) is 0.458. The van der Waals surface area contributed by atoms with E-state index in [0.29, 0.717) is 5.75 Å². The zero-order chi connectivity index (χ0) is 21.9. The van der Waals surface area contributed by atoms with Gasteiger partial charge in [-0.25, -0.2) is 0 Å². The number of carbonyl (C=O) groups is 1. The Morgan fingerprint density at radius 2 is 1.71 bits per heavy atom. The smallest absolute Gasteiger partial charge is 0.290 e. The van der Waals surface area contributed by atoms with E-state index in [0.717, 1.165) is 71.1 Å². The lowest BCUT2D eigenvalue weighted by Gasteiger charge is -2.37. The number of hydrogen-bond donors (Lipinski definition) is 2. The molecule has 1 atom stereocenters. The minimum atomic E-state index is -0.250. The van der Waals surface area contributed by atoms with E-state index in [9.17, 15) is 5.11 Å². The molecule has 0 spiro atoms. The van der Waals surface area contributed by atoms with Gasteiger partial charge < -0.3 is 19.8 Å². The number of rotatable bonds is 5. The number of hydrogen-bond acceptors (Lipinski definition) is 6. The van der Waals surface area contributed by atoms with E-state index in [2.05, 4.69) is 51.1 Å². The summed E-state index contributed by atoms with van der Waals surface area (Å²) >= 11 is 0. The second-order valence-electron chi connectivity index (χ2n) is 7.98. The van der Waals surface area contributed by atoms with Crippen molar-refractivity contribution in [1.82, 2.24) is 9.80 Å². The minimum absolute atomic E-state index is 0.250. The molecule has 7 nitrogen and oxygen atoms in total. The summed E-state index contributed by atoms with van der Waals surface area (Å²) in [6, 6.07) is 18.3. The van der Waals surface area contributed by atoms with Crippen molar-refractivity contribution in [3.63, 3.8) is 0 Å². The van der Waals surface area contributed by atoms with Gasteiger partial charge in [0.25, 0.3) is 6.47 Å². The molecule has 0 radical (unpaired) electrons. The number of benzene rings is 2. The van der Waals surface area contributed by atoms with Crippen LogP contribution in [0.1, 0.15) is 12.0 Å². The Morgan fingerprint density at radius 1 is 0.968 bits per heavy atom. The molecule has 168 valence electrons. The van der Waals surface area contributed by atoms with Crippen LogP contribution in [-0.4, -0.2) is 85.0 Å². The number of ether oxygens (including phenoxy) is 1. The van der Waals surface area contributed by atoms with Crippen molar-refractivity contribution in [3.05, 3.63) is 60.2 Å². The monoisotopic (exact) mass is 427 g/mol. The predicted octanol–water partition coefficient (Wildman–Crippen LogP) is 2.51. The number of carboxylic acid groups (broad SMARTS) is 1. The summed E-state index contributed by atoms with van der Waals surface area (Å²) in [7, 11) is 0. The van der Waals surface area contributed by atoms with Crippen LogP contribution >= 0.6 is 0 Å². The molecule has 4 rings (SSSR count). The normalized spacial score (nSPS) is 20.4. The quantitative estimate of drug-likeness (QED) is 0.710. The molecule has 2 aliphatic rings. The standard InChI is InChI=1S/C23H31N3O2.CH2O2/c27-22-9-4-8-21(16-22)26-13-11-24(12-14-26)18-23-19-25(10-5-15-28-23)17-20-6-2-1-3-7-20;2-1-3/h1-4,6-9,16,23,27H,5,10-15,17-19H2;1H,(H,2,3). The molecule has 2 heterocycles. The van der Waals surface area contributed by atoms with Gasteiger partial charge in [0.15, 0.2) is 0 Å². The number of anilines is 1. The van der Waals surface area contributed by atoms with Crippen LogP contribution in [0, 0.1) is 0 Å². The summed E-state index contributed by atoms with van der Waals surface area (Å²) in [5, 5.41) is 16.6. The maximum Gasteiger partial charge on any atom is 0.290 e. The Balaban J connectivity index is 0.000000858. The number of aromatic hydroxyl groups is 1. The highest BCUT2D eigenvalue weighted by Crippen LogP contribution is 2.21. The van der Waals surface area contributed by atoms with E-state index in [1.807, 2.05) is 12.1 Å². The summed E-state index contributed by atoms with van der Waals surface area (Å²) in [5.41, 5.74) is 2.49. The molecule has 1 unspecified atom stereocenters. The first-order chi connectivity index (χ1) is 15.2. The van der Waals surface area contributed by atoms with E-state index in [1.54, 1.807) is 6.07 Å². The molecule has 7 heteroatoms. The van der Waals surface area contributed by atoms with Gasteiger partial charge in [-0.05, 0) is 24.1 Å². The van der Waals surface area contributed by atoms with Gasteiger partial charge in [-0.15, -0.1) is 0 Å². The first kappa shape index (κ1) is 23.1. The molecular weight excluding hydrogens is 394 g/mol. The fourth-order valence-corrected chi connectivity index (χ4v) is 4.23. The first-order valence-electron chi connectivity index (χ1n) is 10.9. The molecule has 2 saturated heterocycles. The molecule has 2 aromatic carbocycles. The average Bonchev–Trinajstić information content (AvgIpc) is 3.00. The van der Waals surface area contributed by atoms with Gasteiger partial charge in [0.1, 0.15) is 5.75 Å². The van der Waals surface area contributed by atoms with E-state index in [-0.39, 0.29) is 12.6 Å². The Morgan fingerprint density at radius 3 is 2.42 bits per heavy atom. The molecule has 0 bridgehead atoms. The molecule has 2 aromatic rings. The van der Waals surface area contributed by atoms with Crippen molar-refractivity contribution in [2.75, 3.05) is 57.3 Å². The highest BCUT2D eigenvalue weighted by Gasteiger charge is 2.24. The van der Waals surface area contributed by atoms with Crippen LogP contribution in [-0.2, 0) is 16.1 Å². The lowest BCUT2D eigenvalue weighted by Crippen LogP contribution is -2.50. The van der Waals surface area contributed by atoms with E-state index in [1.165, 1.54) is 5.56 Å². The number of nitrogens with zero attached hydrogens (tertiary/aromatic N) is 3. The molecule has 2 aliphatic heterocycles. The van der Waals surface area contributed by atoms with Gasteiger partial charge in [-0.2, -0.15) is 0 Å². The Bertz CT molecular complexity index is 781. The Kier molecular flexibility index (Phi) is 9.15. The maximum absolute atomic E-state index is 9.71. The van der Waals surface area contributed by atoms with Gasteiger partial charge in [0.05, 0.1) is 6.10 Å². The van der Waals surface area contributed by atoms with Crippen LogP contribution < -0.4 is 4.90 Å². The van der Waals surface area contributed by atoms with E-state index in [4.69, 9.17) is 14.6 Å². The predicted molar refractivity (Wildman–Crippen MR) is 122 cm³/mol. The van der Waals surface area contributed by atoms with Crippen LogP contribution in [0.15, 0.2) is 54.6 Å². The van der Waals surface area contributed by atoms with Crippen LogP contribution in [0.4, 0.5) is 5.69 Å². The van der Waals surface area contributed by atoms with Crippen molar-refractivity contribution < 1.29 is 19.7 Å². The molecular formula is C24H33N3O4. The van der Waals surface area contributed by atoms with Crippen LogP contribution in [0.5, 0.6) is 5.75 Å². The highest BCUT2D eigenvalue weighted by molar-refractivity contribution is 5.50. The molecule has 2 fully saturated rings. The Labute approximate surface area is 184 Å². The lowest BCUT2D eigenvalue weighted by molar-refractivity contribution is -0.122. The third-order valence-corrected chi connectivity index (χ3v) is 5.71. The summed E-state index contributed by atoms with van der Waals surface area (Å²) in [6.45, 7) is 8.78. The van der Waals surface area contributed by atoms with Crippen molar-refractivity contribution in [3.8, 4) is 5.75 Å². The van der Waals surface area contributed by atoms with Gasteiger partial charge in [-0.1, -0.05) is 36.4 Å². The van der Waals surface area contributed by atoms with Gasteiger partial charge in [0.2, 0.25) is 0 Å². The van der Waals surface area contributed by atoms with E-state index < -0.39 is 0 Å². The molecule has 0 saturated carbocycles. The number of piperazine rings is 1. The summed E-state index contributed by atoms with van der Waals surface area (Å²) in [6.07, 6.45) is 1.38. The number of phenolic OH excluding ortho intramolecular Hbond substituents is 1. The fourth-order valence-electron chi connectivity index (χ4n) is 4.23. The van der Waals surface area contributed by atoms with Gasteiger partial charge in [0, 0.05) is 70.7 Å². The van der Waals surface area contributed by atoms with Crippen molar-refractivity contribution in [2.24, 2.45) is 0 Å². The van der Waals surface area contributed by atoms with Crippen molar-refractivity contribution >= 4 is 12.2 Å². The second kappa shape index (κ2) is 12.3. The second-order valence-corrected chi connectivity index (χ2v) is 7.98. The average molecular weight is 428 g/mol. The number of phenols is 1. The van der Waals surface area contributed by atoms with Crippen LogP contribution in [0.2, 0.25) is 0 Å². The van der Waals surface area contributed by atoms with E-state index >= 15 is 0 Å². The van der Waals surface area contributed by atoms with Crippen LogP contribution in [0.3, 0.4) is 0 Å². The Hall–Kier alpha value is -2.61. The van der Waals surface area contributed by atoms with Crippen LogP contribution in [0.25, 0.3) is 0 Å². The molecule has 0 aromatic heterocycles. The third-order valence-electron chi connectivity index (χ3n) is 5.71. The van der Waals surface area contributed by atoms with Gasteiger partial charge in [-0.3, -0.25) is 14.6 Å². The highest BCUT2D eigenvalue weighted by atomic mass is 16.5. The summed E-state index contributed by atoms with van der Waals surface area (Å²) in [5.74, 6) is 0.338. The first-order valence-corrected chi connectivity index (χ1v) is 10.9.